The Hall–Kier alpha value is -2.54. The summed E-state index contributed by atoms with van der Waals surface area (Å²) < 4.78 is 6.99. The second kappa shape index (κ2) is 7.35. The van der Waals surface area contributed by atoms with Crippen LogP contribution in [0.15, 0.2) is 47.8 Å². The van der Waals surface area contributed by atoms with Gasteiger partial charge in [-0.15, -0.1) is 10.2 Å². The summed E-state index contributed by atoms with van der Waals surface area (Å²) >= 11 is 1.56. The number of carbonyl (C=O) groups excluding carboxylic acids is 1. The minimum absolute atomic E-state index is 0.282. The Bertz CT molecular complexity index is 845. The molecule has 0 saturated carbocycles. The molecule has 2 N–H and O–H groups in total. The monoisotopic (exact) mass is 342 g/mol. The van der Waals surface area contributed by atoms with Crippen molar-refractivity contribution in [1.82, 2.24) is 14.6 Å². The summed E-state index contributed by atoms with van der Waals surface area (Å²) in [7, 11) is 0. The van der Waals surface area contributed by atoms with Crippen molar-refractivity contribution in [3.63, 3.8) is 0 Å². The first-order chi connectivity index (χ1) is 11.7. The summed E-state index contributed by atoms with van der Waals surface area (Å²) in [6.07, 6.45) is 2.63. The highest BCUT2D eigenvalue weighted by molar-refractivity contribution is 7.98. The molecule has 0 fully saturated rings. The summed E-state index contributed by atoms with van der Waals surface area (Å²) in [6.45, 7) is 2.41. The number of benzene rings is 1. The highest BCUT2D eigenvalue weighted by Gasteiger charge is 2.09. The van der Waals surface area contributed by atoms with Crippen LogP contribution in [-0.2, 0) is 10.5 Å². The molecule has 0 aliphatic rings. The zero-order valence-electron chi connectivity index (χ0n) is 13.3. The van der Waals surface area contributed by atoms with Crippen molar-refractivity contribution in [3.05, 3.63) is 53.7 Å². The molecule has 6 nitrogen and oxygen atoms in total. The first-order valence-electron chi connectivity index (χ1n) is 7.66. The van der Waals surface area contributed by atoms with Gasteiger partial charge in [-0.25, -0.2) is 4.79 Å². The Labute approximate surface area is 144 Å². The summed E-state index contributed by atoms with van der Waals surface area (Å²) in [5.41, 5.74) is 8.90. The molecule has 0 spiro atoms. The molecule has 0 aliphatic heterocycles. The van der Waals surface area contributed by atoms with E-state index in [2.05, 4.69) is 10.2 Å². The van der Waals surface area contributed by atoms with Crippen molar-refractivity contribution in [3.8, 4) is 0 Å². The van der Waals surface area contributed by atoms with Gasteiger partial charge in [0.1, 0.15) is 0 Å². The minimum atomic E-state index is -0.282. The number of nitrogens with two attached hydrogens (primary N) is 1. The van der Waals surface area contributed by atoms with Gasteiger partial charge in [-0.2, -0.15) is 0 Å². The number of aromatic nitrogens is 3. The quantitative estimate of drug-likeness (QED) is 0.547. The van der Waals surface area contributed by atoms with Crippen LogP contribution in [0.4, 0.5) is 5.69 Å². The number of anilines is 1. The molecule has 0 saturated heterocycles. The van der Waals surface area contributed by atoms with Crippen LogP contribution in [0.2, 0.25) is 0 Å². The van der Waals surface area contributed by atoms with Gasteiger partial charge in [0.2, 0.25) is 0 Å². The topological polar surface area (TPSA) is 82.5 Å². The molecule has 1 aromatic carbocycles. The van der Waals surface area contributed by atoms with E-state index >= 15 is 0 Å². The van der Waals surface area contributed by atoms with Crippen LogP contribution in [-0.4, -0.2) is 27.2 Å². The van der Waals surface area contributed by atoms with E-state index in [1.54, 1.807) is 30.0 Å². The Morgan fingerprint density at radius 2 is 2.00 bits per heavy atom. The highest BCUT2D eigenvalue weighted by Crippen LogP contribution is 2.22. The number of nitrogen functional groups attached to an aromatic ring is 1. The first kappa shape index (κ1) is 16.3. The second-order valence-corrected chi connectivity index (χ2v) is 6.24. The normalized spacial score (nSPS) is 10.9. The van der Waals surface area contributed by atoms with Crippen LogP contribution in [0.3, 0.4) is 0 Å². The predicted molar refractivity (Wildman–Crippen MR) is 94.0 cm³/mol. The van der Waals surface area contributed by atoms with Crippen molar-refractivity contribution >= 4 is 29.1 Å². The molecule has 0 unspecified atom stereocenters. The van der Waals surface area contributed by atoms with Gasteiger partial charge in [-0.05, 0) is 36.2 Å². The van der Waals surface area contributed by atoms with E-state index in [-0.39, 0.29) is 5.97 Å². The maximum atomic E-state index is 11.8. The summed E-state index contributed by atoms with van der Waals surface area (Å²) in [4.78, 5) is 11.8. The van der Waals surface area contributed by atoms with Crippen LogP contribution in [0.5, 0.6) is 0 Å². The van der Waals surface area contributed by atoms with Gasteiger partial charge in [0.05, 0.1) is 12.2 Å². The molecular weight excluding hydrogens is 324 g/mol. The zero-order valence-corrected chi connectivity index (χ0v) is 14.1. The van der Waals surface area contributed by atoms with Crippen LogP contribution in [0.1, 0.15) is 29.3 Å². The molecular formula is C17H18N4O2S. The van der Waals surface area contributed by atoms with E-state index in [0.717, 1.165) is 28.5 Å². The number of fused-ring (bicyclic) bond motifs is 1. The van der Waals surface area contributed by atoms with Crippen LogP contribution in [0, 0.1) is 0 Å². The van der Waals surface area contributed by atoms with Crippen molar-refractivity contribution in [2.24, 2.45) is 0 Å². The molecule has 0 atom stereocenters. The fraction of sp³-hybridized carbons (Fsp3) is 0.235. The highest BCUT2D eigenvalue weighted by atomic mass is 32.2. The molecule has 24 heavy (non-hydrogen) atoms. The largest absolute Gasteiger partial charge is 0.462 e. The number of carbonyl (C=O) groups is 1. The Morgan fingerprint density at radius 1 is 1.21 bits per heavy atom. The molecule has 0 aliphatic carbocycles. The molecule has 0 bridgehead atoms. The molecule has 0 radical (unpaired) electrons. The van der Waals surface area contributed by atoms with Gasteiger partial charge in [0.15, 0.2) is 10.8 Å². The van der Waals surface area contributed by atoms with Crippen molar-refractivity contribution in [2.75, 3.05) is 12.3 Å². The Balaban J connectivity index is 1.66. The average Bonchev–Trinajstić information content (AvgIpc) is 3.00. The lowest BCUT2D eigenvalue weighted by molar-refractivity contribution is 0.0505. The fourth-order valence-corrected chi connectivity index (χ4v) is 3.02. The van der Waals surface area contributed by atoms with E-state index in [0.29, 0.717) is 17.9 Å². The maximum absolute atomic E-state index is 11.8. The van der Waals surface area contributed by atoms with Gasteiger partial charge >= 0.3 is 5.97 Å². The van der Waals surface area contributed by atoms with Crippen molar-refractivity contribution < 1.29 is 9.53 Å². The number of rotatable bonds is 6. The fourth-order valence-electron chi connectivity index (χ4n) is 2.15. The molecule has 124 valence electrons. The van der Waals surface area contributed by atoms with Gasteiger partial charge in [0, 0.05) is 17.6 Å². The number of pyridine rings is 1. The van der Waals surface area contributed by atoms with E-state index < -0.39 is 0 Å². The SMILES string of the molecule is CCCOC(=O)c1ccc(CSc2nnc3ccc(N)cn23)cc1. The number of thioether (sulfide) groups is 1. The summed E-state index contributed by atoms with van der Waals surface area (Å²) in [6, 6.07) is 11.1. The van der Waals surface area contributed by atoms with Gasteiger partial charge in [-0.1, -0.05) is 30.8 Å². The summed E-state index contributed by atoms with van der Waals surface area (Å²) in [5, 5.41) is 9.07. The number of esters is 1. The third-order valence-corrected chi connectivity index (χ3v) is 4.40. The number of nitrogens with zero attached hydrogens (tertiary/aromatic N) is 3. The lowest BCUT2D eigenvalue weighted by Crippen LogP contribution is -2.05. The molecule has 7 heteroatoms. The molecule has 2 heterocycles. The van der Waals surface area contributed by atoms with Crippen LogP contribution >= 0.6 is 11.8 Å². The first-order valence-corrected chi connectivity index (χ1v) is 8.65. The third kappa shape index (κ3) is 3.68. The second-order valence-electron chi connectivity index (χ2n) is 5.29. The van der Waals surface area contributed by atoms with Gasteiger partial charge in [0.25, 0.3) is 0 Å². The molecule has 3 rings (SSSR count). The third-order valence-electron chi connectivity index (χ3n) is 3.39. The molecule has 3 aromatic rings. The minimum Gasteiger partial charge on any atom is -0.462 e. The van der Waals surface area contributed by atoms with Gasteiger partial charge < -0.3 is 10.5 Å². The van der Waals surface area contributed by atoms with E-state index in [9.17, 15) is 4.79 Å². The predicted octanol–water partition coefficient (Wildman–Crippen LogP) is 3.17. The molecule has 2 aromatic heterocycles. The maximum Gasteiger partial charge on any atom is 0.338 e. The lowest BCUT2D eigenvalue weighted by Gasteiger charge is -2.05. The standard InChI is InChI=1S/C17H18N4O2S/c1-2-9-23-16(22)13-5-3-12(4-6-13)11-24-17-20-19-15-8-7-14(18)10-21(15)17/h3-8,10H,2,9,11,18H2,1H3. The van der Waals surface area contributed by atoms with Crippen LogP contribution in [0.25, 0.3) is 5.65 Å². The Kier molecular flexibility index (Phi) is 5.00. The van der Waals surface area contributed by atoms with Crippen molar-refractivity contribution in [2.45, 2.75) is 24.3 Å². The number of hydrogen-bond acceptors (Lipinski definition) is 6. The number of hydrogen-bond donors (Lipinski definition) is 1. The Morgan fingerprint density at radius 3 is 2.75 bits per heavy atom. The van der Waals surface area contributed by atoms with E-state index in [4.69, 9.17) is 10.5 Å². The zero-order chi connectivity index (χ0) is 16.9. The smallest absolute Gasteiger partial charge is 0.338 e. The summed E-state index contributed by atoms with van der Waals surface area (Å²) in [5.74, 6) is 0.440. The number of ether oxygens (including phenoxy) is 1. The van der Waals surface area contributed by atoms with E-state index in [1.807, 2.05) is 35.7 Å². The average molecular weight is 342 g/mol. The van der Waals surface area contributed by atoms with Crippen LogP contribution < -0.4 is 5.73 Å². The lowest BCUT2D eigenvalue weighted by atomic mass is 10.1. The van der Waals surface area contributed by atoms with Gasteiger partial charge in [-0.3, -0.25) is 4.40 Å². The van der Waals surface area contributed by atoms with E-state index in [1.165, 1.54) is 0 Å². The molecule has 0 amide bonds. The van der Waals surface area contributed by atoms with Crippen molar-refractivity contribution in [1.29, 1.82) is 0 Å².